The highest BCUT2D eigenvalue weighted by molar-refractivity contribution is 7.99. The van der Waals surface area contributed by atoms with Crippen molar-refractivity contribution in [3.63, 3.8) is 0 Å². The number of hydrogen-bond donors (Lipinski definition) is 1. The van der Waals surface area contributed by atoms with Crippen LogP contribution in [0.2, 0.25) is 0 Å². The molecular weight excluding hydrogens is 256 g/mol. The van der Waals surface area contributed by atoms with Crippen LogP contribution < -0.4 is 5.32 Å². The van der Waals surface area contributed by atoms with E-state index in [-0.39, 0.29) is 5.60 Å². The van der Waals surface area contributed by atoms with Crippen LogP contribution in [0.3, 0.4) is 0 Å². The molecule has 3 aliphatic rings. The van der Waals surface area contributed by atoms with E-state index in [2.05, 4.69) is 29.0 Å². The first-order valence-corrected chi connectivity index (χ1v) is 9.08. The van der Waals surface area contributed by atoms with E-state index in [0.717, 1.165) is 19.2 Å². The van der Waals surface area contributed by atoms with Crippen LogP contribution in [0.15, 0.2) is 0 Å². The second kappa shape index (κ2) is 6.33. The summed E-state index contributed by atoms with van der Waals surface area (Å²) in [5.74, 6) is 2.58. The van der Waals surface area contributed by atoms with Crippen molar-refractivity contribution in [2.24, 2.45) is 0 Å². The molecule has 110 valence electrons. The first-order valence-electron chi connectivity index (χ1n) is 7.93. The molecule has 2 saturated heterocycles. The van der Waals surface area contributed by atoms with Gasteiger partial charge in [0.25, 0.3) is 0 Å². The molecule has 3 fully saturated rings. The Kier molecular flexibility index (Phi) is 4.73. The van der Waals surface area contributed by atoms with Gasteiger partial charge in [-0.15, -0.1) is 0 Å². The molecule has 1 aliphatic carbocycles. The smallest absolute Gasteiger partial charge is 0.0713 e. The maximum atomic E-state index is 6.15. The summed E-state index contributed by atoms with van der Waals surface area (Å²) >= 11 is 2.09. The number of rotatable bonds is 5. The van der Waals surface area contributed by atoms with Crippen molar-refractivity contribution in [1.29, 1.82) is 0 Å². The minimum Gasteiger partial charge on any atom is -0.375 e. The van der Waals surface area contributed by atoms with Crippen LogP contribution in [0.5, 0.6) is 0 Å². The summed E-state index contributed by atoms with van der Waals surface area (Å²) in [7, 11) is 2.27. The van der Waals surface area contributed by atoms with Crippen molar-refractivity contribution in [3.8, 4) is 0 Å². The molecule has 0 amide bonds. The van der Waals surface area contributed by atoms with Gasteiger partial charge in [-0.25, -0.2) is 0 Å². The number of ether oxygens (including phenoxy) is 1. The average Bonchev–Trinajstić information content (AvgIpc) is 3.24. The zero-order valence-corrected chi connectivity index (χ0v) is 13.0. The minimum absolute atomic E-state index is 0.226. The van der Waals surface area contributed by atoms with Gasteiger partial charge in [0.2, 0.25) is 0 Å². The van der Waals surface area contributed by atoms with Gasteiger partial charge in [-0.05, 0) is 57.1 Å². The second-order valence-electron chi connectivity index (χ2n) is 6.50. The lowest BCUT2D eigenvalue weighted by Crippen LogP contribution is -2.49. The number of nitrogens with one attached hydrogen (secondary N) is 1. The predicted molar refractivity (Wildman–Crippen MR) is 81.9 cm³/mol. The maximum absolute atomic E-state index is 6.15. The van der Waals surface area contributed by atoms with Gasteiger partial charge in [0.05, 0.1) is 5.60 Å². The lowest BCUT2D eigenvalue weighted by atomic mass is 9.85. The monoisotopic (exact) mass is 284 g/mol. The van der Waals surface area contributed by atoms with Gasteiger partial charge < -0.3 is 15.0 Å². The average molecular weight is 284 g/mol. The molecule has 1 saturated carbocycles. The molecule has 1 atom stereocenters. The predicted octanol–water partition coefficient (Wildman–Crippen LogP) is 2.11. The van der Waals surface area contributed by atoms with Crippen molar-refractivity contribution >= 4 is 11.8 Å². The second-order valence-corrected chi connectivity index (χ2v) is 7.72. The summed E-state index contributed by atoms with van der Waals surface area (Å²) in [4.78, 5) is 2.51. The first-order chi connectivity index (χ1) is 9.27. The summed E-state index contributed by atoms with van der Waals surface area (Å²) in [6.07, 6.45) is 7.78. The Morgan fingerprint density at radius 2 is 2.05 bits per heavy atom. The van der Waals surface area contributed by atoms with Crippen LogP contribution in [0, 0.1) is 0 Å². The molecule has 0 aromatic heterocycles. The number of likely N-dealkylation sites (N-methyl/N-ethyl adjacent to an activating group) is 1. The van der Waals surface area contributed by atoms with Crippen LogP contribution in [0.1, 0.15) is 38.5 Å². The molecule has 0 radical (unpaired) electrons. The third-order valence-electron chi connectivity index (χ3n) is 4.96. The molecule has 0 aromatic rings. The summed E-state index contributed by atoms with van der Waals surface area (Å²) < 4.78 is 6.15. The number of nitrogens with zero attached hydrogens (tertiary/aromatic N) is 1. The fourth-order valence-corrected chi connectivity index (χ4v) is 4.67. The van der Waals surface area contributed by atoms with E-state index in [1.165, 1.54) is 56.6 Å². The Morgan fingerprint density at radius 3 is 2.79 bits per heavy atom. The van der Waals surface area contributed by atoms with Gasteiger partial charge in [-0.2, -0.15) is 11.8 Å². The van der Waals surface area contributed by atoms with E-state index in [4.69, 9.17) is 4.74 Å². The highest BCUT2D eigenvalue weighted by atomic mass is 32.2. The van der Waals surface area contributed by atoms with E-state index in [9.17, 15) is 0 Å². The molecule has 2 heterocycles. The lowest BCUT2D eigenvalue weighted by molar-refractivity contribution is -0.0931. The number of hydrogen-bond acceptors (Lipinski definition) is 4. The third kappa shape index (κ3) is 3.87. The molecule has 4 heteroatoms. The highest BCUT2D eigenvalue weighted by Gasteiger charge is 2.38. The number of thioether (sulfide) groups is 1. The van der Waals surface area contributed by atoms with Crippen LogP contribution >= 0.6 is 11.8 Å². The fourth-order valence-electron chi connectivity index (χ4n) is 3.44. The van der Waals surface area contributed by atoms with Gasteiger partial charge in [-0.1, -0.05) is 0 Å². The summed E-state index contributed by atoms with van der Waals surface area (Å²) in [6.45, 7) is 3.30. The summed E-state index contributed by atoms with van der Waals surface area (Å²) in [5, 5.41) is 3.78. The Morgan fingerprint density at radius 1 is 1.26 bits per heavy atom. The van der Waals surface area contributed by atoms with E-state index in [1.807, 2.05) is 0 Å². The van der Waals surface area contributed by atoms with Gasteiger partial charge in [-0.3, -0.25) is 0 Å². The fraction of sp³-hybridized carbons (Fsp3) is 1.00. The van der Waals surface area contributed by atoms with Gasteiger partial charge >= 0.3 is 0 Å². The van der Waals surface area contributed by atoms with Crippen molar-refractivity contribution in [2.45, 2.75) is 56.2 Å². The van der Waals surface area contributed by atoms with Crippen LogP contribution in [0.4, 0.5) is 0 Å². The lowest BCUT2D eigenvalue weighted by Gasteiger charge is -2.43. The zero-order valence-electron chi connectivity index (χ0n) is 12.2. The molecule has 1 spiro atoms. The highest BCUT2D eigenvalue weighted by Crippen LogP contribution is 2.37. The van der Waals surface area contributed by atoms with Crippen molar-refractivity contribution in [2.75, 3.05) is 38.2 Å². The standard InChI is InChI=1S/C15H28N2OS/c1-17(14-2-3-14)8-7-16-13-4-9-18-15(12-13)5-10-19-11-6-15/h13-14,16H,2-12H2,1H3. The van der Waals surface area contributed by atoms with E-state index in [1.54, 1.807) is 0 Å². The molecule has 1 unspecified atom stereocenters. The normalized spacial score (nSPS) is 30.9. The molecular formula is C15H28N2OS. The largest absolute Gasteiger partial charge is 0.375 e. The summed E-state index contributed by atoms with van der Waals surface area (Å²) in [5.41, 5.74) is 0.226. The quantitative estimate of drug-likeness (QED) is 0.836. The van der Waals surface area contributed by atoms with E-state index < -0.39 is 0 Å². The minimum atomic E-state index is 0.226. The Bertz CT molecular complexity index is 284. The van der Waals surface area contributed by atoms with Gasteiger partial charge in [0, 0.05) is 31.8 Å². The molecule has 1 N–H and O–H groups in total. The Balaban J connectivity index is 1.40. The molecule has 0 bridgehead atoms. The SMILES string of the molecule is CN(CCNC1CCOC2(CCSCC2)C1)C1CC1. The van der Waals surface area contributed by atoms with Crippen molar-refractivity contribution in [3.05, 3.63) is 0 Å². The zero-order chi connectivity index (χ0) is 13.1. The van der Waals surface area contributed by atoms with Crippen LogP contribution in [-0.2, 0) is 4.74 Å². The van der Waals surface area contributed by atoms with Gasteiger partial charge in [0.1, 0.15) is 0 Å². The molecule has 19 heavy (non-hydrogen) atoms. The maximum Gasteiger partial charge on any atom is 0.0713 e. The van der Waals surface area contributed by atoms with E-state index >= 15 is 0 Å². The van der Waals surface area contributed by atoms with Crippen LogP contribution in [-0.4, -0.2) is 60.8 Å². The van der Waals surface area contributed by atoms with Gasteiger partial charge in [0.15, 0.2) is 0 Å². The Hall–Kier alpha value is 0.230. The summed E-state index contributed by atoms with van der Waals surface area (Å²) in [6, 6.07) is 1.57. The van der Waals surface area contributed by atoms with Crippen molar-refractivity contribution in [1.82, 2.24) is 10.2 Å². The van der Waals surface area contributed by atoms with Crippen molar-refractivity contribution < 1.29 is 4.74 Å². The third-order valence-corrected chi connectivity index (χ3v) is 5.95. The molecule has 2 aliphatic heterocycles. The molecule has 3 rings (SSSR count). The van der Waals surface area contributed by atoms with Crippen LogP contribution in [0.25, 0.3) is 0 Å². The molecule has 3 nitrogen and oxygen atoms in total. The topological polar surface area (TPSA) is 24.5 Å². The van der Waals surface area contributed by atoms with E-state index in [0.29, 0.717) is 6.04 Å². The molecule has 0 aromatic carbocycles. The Labute approximate surface area is 121 Å². The first kappa shape index (κ1) is 14.2.